The Kier molecular flexibility index (Phi) is 6.80. The third-order valence-corrected chi connectivity index (χ3v) is 8.08. The van der Waals surface area contributed by atoms with E-state index in [-0.39, 0.29) is 0 Å². The van der Waals surface area contributed by atoms with E-state index in [0.717, 1.165) is 53.8 Å². The maximum atomic E-state index is 6.61. The summed E-state index contributed by atoms with van der Waals surface area (Å²) in [6.07, 6.45) is 10.0. The average molecular weight is 497 g/mol. The van der Waals surface area contributed by atoms with Crippen LogP contribution in [-0.2, 0) is 13.0 Å². The van der Waals surface area contributed by atoms with E-state index in [1.165, 1.54) is 55.5 Å². The molecule has 0 atom stereocenters. The Hall–Kier alpha value is -3.08. The van der Waals surface area contributed by atoms with E-state index in [4.69, 9.17) is 11.6 Å². The van der Waals surface area contributed by atoms with Gasteiger partial charge in [0.05, 0.1) is 16.9 Å². The van der Waals surface area contributed by atoms with E-state index < -0.39 is 0 Å². The smallest absolute Gasteiger partial charge is 0.139 e. The second-order valence-corrected chi connectivity index (χ2v) is 10.7. The molecule has 0 bridgehead atoms. The number of nitrogens with one attached hydrogen (secondary N) is 2. The number of imidazole rings is 1. The molecule has 36 heavy (non-hydrogen) atoms. The SMILES string of the molecule is Clc1ccc(Nc2cccc3c2CCN(CC2CCCCC2)C3)cc1-c1ncc(-c2ccccc2)[nH]1. The van der Waals surface area contributed by atoms with Gasteiger partial charge in [-0.25, -0.2) is 4.98 Å². The molecule has 5 heteroatoms. The number of halogens is 1. The largest absolute Gasteiger partial charge is 0.355 e. The topological polar surface area (TPSA) is 44.0 Å². The maximum Gasteiger partial charge on any atom is 0.139 e. The molecule has 4 aromatic rings. The summed E-state index contributed by atoms with van der Waals surface area (Å²) in [6.45, 7) is 3.45. The molecule has 6 rings (SSSR count). The highest BCUT2D eigenvalue weighted by molar-refractivity contribution is 6.33. The van der Waals surface area contributed by atoms with Crippen molar-refractivity contribution in [1.82, 2.24) is 14.9 Å². The van der Waals surface area contributed by atoms with Gasteiger partial charge in [0.2, 0.25) is 0 Å². The Balaban J connectivity index is 1.20. The molecule has 4 nitrogen and oxygen atoms in total. The van der Waals surface area contributed by atoms with Crippen LogP contribution in [-0.4, -0.2) is 28.0 Å². The molecule has 0 radical (unpaired) electrons. The minimum absolute atomic E-state index is 0.683. The van der Waals surface area contributed by atoms with Crippen LogP contribution in [0, 0.1) is 5.92 Å². The fraction of sp³-hybridized carbons (Fsp3) is 0.323. The van der Waals surface area contributed by atoms with Crippen LogP contribution in [0.25, 0.3) is 22.6 Å². The van der Waals surface area contributed by atoms with Crippen molar-refractivity contribution in [2.75, 3.05) is 18.4 Å². The number of anilines is 2. The number of hydrogen-bond acceptors (Lipinski definition) is 3. The van der Waals surface area contributed by atoms with Crippen molar-refractivity contribution in [1.29, 1.82) is 0 Å². The summed E-state index contributed by atoms with van der Waals surface area (Å²) in [4.78, 5) is 10.7. The third-order valence-electron chi connectivity index (χ3n) is 7.75. The van der Waals surface area contributed by atoms with Gasteiger partial charge in [-0.2, -0.15) is 0 Å². The molecule has 0 amide bonds. The first kappa shape index (κ1) is 23.3. The van der Waals surface area contributed by atoms with Gasteiger partial charge in [-0.1, -0.05) is 73.3 Å². The normalized spacial score (nSPS) is 16.6. The molecule has 1 aliphatic heterocycles. The molecule has 1 aromatic heterocycles. The van der Waals surface area contributed by atoms with Gasteiger partial charge in [0.1, 0.15) is 5.82 Å². The maximum absolute atomic E-state index is 6.61. The van der Waals surface area contributed by atoms with Gasteiger partial charge in [-0.05, 0) is 66.1 Å². The average Bonchev–Trinajstić information content (AvgIpc) is 3.41. The van der Waals surface area contributed by atoms with E-state index in [1.54, 1.807) is 0 Å². The number of H-pyrrole nitrogens is 1. The molecule has 1 saturated carbocycles. The Bertz CT molecular complexity index is 1320. The van der Waals surface area contributed by atoms with Crippen LogP contribution in [0.4, 0.5) is 11.4 Å². The van der Waals surface area contributed by atoms with Crippen LogP contribution in [0.15, 0.2) is 72.9 Å². The lowest BCUT2D eigenvalue weighted by Gasteiger charge is -2.34. The lowest BCUT2D eigenvalue weighted by atomic mass is 9.88. The summed E-state index contributed by atoms with van der Waals surface area (Å²) >= 11 is 6.61. The quantitative estimate of drug-likeness (QED) is 0.283. The van der Waals surface area contributed by atoms with Crippen molar-refractivity contribution in [3.8, 4) is 22.6 Å². The first-order valence-electron chi connectivity index (χ1n) is 13.2. The fourth-order valence-electron chi connectivity index (χ4n) is 5.84. The summed E-state index contributed by atoms with van der Waals surface area (Å²) in [6, 6.07) is 23.0. The predicted octanol–water partition coefficient (Wildman–Crippen LogP) is 8.08. The molecule has 1 aliphatic carbocycles. The summed E-state index contributed by atoms with van der Waals surface area (Å²) in [5, 5.41) is 4.37. The lowest BCUT2D eigenvalue weighted by molar-refractivity contribution is 0.187. The van der Waals surface area contributed by atoms with Crippen LogP contribution in [0.5, 0.6) is 0 Å². The van der Waals surface area contributed by atoms with Crippen LogP contribution < -0.4 is 5.32 Å². The van der Waals surface area contributed by atoms with Gasteiger partial charge in [0, 0.05) is 36.6 Å². The van der Waals surface area contributed by atoms with Gasteiger partial charge >= 0.3 is 0 Å². The van der Waals surface area contributed by atoms with Gasteiger partial charge in [-0.3, -0.25) is 4.90 Å². The first-order valence-corrected chi connectivity index (χ1v) is 13.6. The van der Waals surface area contributed by atoms with Crippen LogP contribution in [0.1, 0.15) is 43.2 Å². The van der Waals surface area contributed by atoms with Gasteiger partial charge in [-0.15, -0.1) is 0 Å². The molecule has 2 heterocycles. The van der Waals surface area contributed by atoms with Gasteiger partial charge in [0.15, 0.2) is 0 Å². The molecular weight excluding hydrogens is 464 g/mol. The zero-order chi connectivity index (χ0) is 24.3. The van der Waals surface area contributed by atoms with Crippen molar-refractivity contribution in [3.05, 3.63) is 89.1 Å². The van der Waals surface area contributed by atoms with Crippen molar-refractivity contribution < 1.29 is 0 Å². The highest BCUT2D eigenvalue weighted by Crippen LogP contribution is 2.34. The van der Waals surface area contributed by atoms with Crippen LogP contribution >= 0.6 is 11.6 Å². The van der Waals surface area contributed by atoms with Crippen molar-refractivity contribution in [3.63, 3.8) is 0 Å². The fourth-order valence-corrected chi connectivity index (χ4v) is 6.05. The number of rotatable bonds is 6. The van der Waals surface area contributed by atoms with Crippen LogP contribution in [0.2, 0.25) is 5.02 Å². The van der Waals surface area contributed by atoms with E-state index in [0.29, 0.717) is 5.02 Å². The summed E-state index contributed by atoms with van der Waals surface area (Å²) in [5.74, 6) is 1.66. The van der Waals surface area contributed by atoms with E-state index >= 15 is 0 Å². The summed E-state index contributed by atoms with van der Waals surface area (Å²) in [5.41, 5.74) is 8.10. The molecule has 1 fully saturated rings. The molecule has 3 aromatic carbocycles. The second kappa shape index (κ2) is 10.5. The molecule has 0 saturated heterocycles. The second-order valence-electron chi connectivity index (χ2n) is 10.3. The Morgan fingerprint density at radius 3 is 2.69 bits per heavy atom. The molecule has 0 unspecified atom stereocenters. The number of benzene rings is 3. The standard InChI is InChI=1S/C31H33ClN4/c32-28-15-14-25(18-27(28)31-33-19-30(35-31)23-10-5-2-6-11-23)34-29-13-7-12-24-21-36(17-16-26(24)29)20-22-8-3-1-4-9-22/h2,5-7,10-15,18-19,22,34H,1,3-4,8-9,16-17,20-21H2,(H,33,35). The van der Waals surface area contributed by atoms with Crippen molar-refractivity contribution in [2.45, 2.75) is 45.1 Å². The van der Waals surface area contributed by atoms with E-state index in [1.807, 2.05) is 36.5 Å². The van der Waals surface area contributed by atoms with Crippen molar-refractivity contribution >= 4 is 23.0 Å². The predicted molar refractivity (Wildman–Crippen MR) is 150 cm³/mol. The number of hydrogen-bond donors (Lipinski definition) is 2. The summed E-state index contributed by atoms with van der Waals surface area (Å²) < 4.78 is 0. The van der Waals surface area contributed by atoms with Crippen LogP contribution in [0.3, 0.4) is 0 Å². The van der Waals surface area contributed by atoms with E-state index in [9.17, 15) is 0 Å². The number of fused-ring (bicyclic) bond motifs is 1. The Morgan fingerprint density at radius 2 is 1.83 bits per heavy atom. The number of aromatic amines is 1. The lowest BCUT2D eigenvalue weighted by Crippen LogP contribution is -2.35. The van der Waals surface area contributed by atoms with Gasteiger partial charge < -0.3 is 10.3 Å². The molecule has 0 spiro atoms. The highest BCUT2D eigenvalue weighted by atomic mass is 35.5. The summed E-state index contributed by atoms with van der Waals surface area (Å²) in [7, 11) is 0. The molecule has 2 N–H and O–H groups in total. The molecule has 184 valence electrons. The first-order chi connectivity index (χ1) is 17.7. The van der Waals surface area contributed by atoms with E-state index in [2.05, 4.69) is 56.6 Å². The van der Waals surface area contributed by atoms with Crippen molar-refractivity contribution in [2.24, 2.45) is 5.92 Å². The highest BCUT2D eigenvalue weighted by Gasteiger charge is 2.23. The number of aromatic nitrogens is 2. The Labute approximate surface area is 218 Å². The minimum atomic E-state index is 0.683. The zero-order valence-electron chi connectivity index (χ0n) is 20.6. The Morgan fingerprint density at radius 1 is 0.972 bits per heavy atom. The minimum Gasteiger partial charge on any atom is -0.355 e. The van der Waals surface area contributed by atoms with Gasteiger partial charge in [0.25, 0.3) is 0 Å². The molecular formula is C31H33ClN4. The molecule has 2 aliphatic rings. The number of nitrogens with zero attached hydrogens (tertiary/aromatic N) is 2. The monoisotopic (exact) mass is 496 g/mol. The third kappa shape index (κ3) is 5.07. The zero-order valence-corrected chi connectivity index (χ0v) is 21.4.